The summed E-state index contributed by atoms with van der Waals surface area (Å²) < 4.78 is 12.9. The number of halogens is 1. The van der Waals surface area contributed by atoms with Gasteiger partial charge in [0.15, 0.2) is 11.5 Å². The van der Waals surface area contributed by atoms with Gasteiger partial charge in [-0.25, -0.2) is 14.4 Å². The molecule has 2 aromatic rings. The minimum Gasteiger partial charge on any atom is -0.382 e. The van der Waals surface area contributed by atoms with E-state index in [1.807, 2.05) is 30.3 Å². The van der Waals surface area contributed by atoms with Crippen LogP contribution in [0, 0.1) is 5.82 Å². The molecule has 0 spiro atoms. The summed E-state index contributed by atoms with van der Waals surface area (Å²) in [5, 5.41) is 0. The van der Waals surface area contributed by atoms with E-state index in [9.17, 15) is 9.18 Å². The first-order valence-electron chi connectivity index (χ1n) is 8.00. The van der Waals surface area contributed by atoms with E-state index < -0.39 is 5.91 Å². The summed E-state index contributed by atoms with van der Waals surface area (Å²) in [4.78, 5) is 29.0. The van der Waals surface area contributed by atoms with Crippen LogP contribution in [0.25, 0.3) is 0 Å². The lowest BCUT2D eigenvalue weighted by atomic mass is 10.2. The molecule has 1 amide bonds. The van der Waals surface area contributed by atoms with Crippen LogP contribution in [-0.4, -0.2) is 24.3 Å². The molecule has 0 bridgehead atoms. The Morgan fingerprint density at radius 2 is 1.81 bits per heavy atom. The highest BCUT2D eigenvalue weighted by Gasteiger charge is 2.24. The van der Waals surface area contributed by atoms with Gasteiger partial charge in [0.25, 0.3) is 5.91 Å². The molecule has 1 aliphatic rings. The number of carbonyl (C=O) groups excluding carboxylic acids is 1. The summed E-state index contributed by atoms with van der Waals surface area (Å²) in [6.07, 6.45) is 2.67. The molecule has 0 fully saturated rings. The number of rotatable bonds is 7. The molecule has 0 radical (unpaired) electrons. The van der Waals surface area contributed by atoms with Crippen LogP contribution in [0.1, 0.15) is 11.1 Å². The first kappa shape index (κ1) is 18.2. The molecule has 0 aromatic heterocycles. The molecular formula is C19H16FN5O2. The van der Waals surface area contributed by atoms with Gasteiger partial charge >= 0.3 is 0 Å². The van der Waals surface area contributed by atoms with Crippen LogP contribution in [0.3, 0.4) is 0 Å². The number of hydroxylamine groups is 1. The monoisotopic (exact) mass is 365 g/mol. The number of aliphatic imine (C=N–C) groups is 3. The molecule has 7 nitrogen and oxygen atoms in total. The normalized spacial score (nSPS) is 14.4. The highest BCUT2D eigenvalue weighted by molar-refractivity contribution is 6.18. The molecule has 0 atom stereocenters. The van der Waals surface area contributed by atoms with Crippen LogP contribution in [-0.2, 0) is 16.2 Å². The molecule has 1 heterocycles. The van der Waals surface area contributed by atoms with Gasteiger partial charge in [-0.15, -0.1) is 0 Å². The second kappa shape index (κ2) is 8.63. The smallest absolute Gasteiger partial charge is 0.299 e. The summed E-state index contributed by atoms with van der Waals surface area (Å²) in [5.74, 6) is -0.988. The first-order chi connectivity index (χ1) is 13.1. The first-order valence-corrected chi connectivity index (χ1v) is 8.00. The Labute approximate surface area is 154 Å². The Balaban J connectivity index is 1.65. The fraction of sp³-hybridized carbons (Fsp3) is 0.0526. The standard InChI is InChI=1S/C19H16FN5O2/c20-15-8-6-13(7-9-15)10-22-17-16(18(21)25-19(17)26)23-12-24-27-11-14-4-2-1-3-5-14/h1-10,12H,11H2,(H3,21,23,24,25,26). The van der Waals surface area contributed by atoms with E-state index >= 15 is 0 Å². The molecule has 2 aromatic carbocycles. The van der Waals surface area contributed by atoms with Crippen molar-refractivity contribution >= 4 is 24.3 Å². The number of nitrogens with one attached hydrogen (secondary N) is 1. The van der Waals surface area contributed by atoms with Crippen LogP contribution in [0.5, 0.6) is 0 Å². The zero-order valence-electron chi connectivity index (χ0n) is 14.2. The average Bonchev–Trinajstić information content (AvgIpc) is 2.94. The average molecular weight is 365 g/mol. The lowest BCUT2D eigenvalue weighted by Gasteiger charge is -2.02. The Hall–Kier alpha value is -3.65. The summed E-state index contributed by atoms with van der Waals surface area (Å²) in [5.41, 5.74) is 10.0. The fourth-order valence-corrected chi connectivity index (χ4v) is 2.20. The van der Waals surface area contributed by atoms with Crippen molar-refractivity contribution in [3.8, 4) is 0 Å². The predicted octanol–water partition coefficient (Wildman–Crippen LogP) is 2.10. The van der Waals surface area contributed by atoms with E-state index in [0.29, 0.717) is 12.2 Å². The van der Waals surface area contributed by atoms with Crippen molar-refractivity contribution in [3.63, 3.8) is 0 Å². The third-order valence-electron chi connectivity index (χ3n) is 3.52. The number of amides is 1. The second-order valence-corrected chi connectivity index (χ2v) is 5.46. The number of nitrogens with two attached hydrogens (primary N) is 1. The number of hydrogen-bond acceptors (Lipinski definition) is 5. The lowest BCUT2D eigenvalue weighted by molar-refractivity contribution is -0.114. The van der Waals surface area contributed by atoms with Gasteiger partial charge in [-0.05, 0) is 23.3 Å². The van der Waals surface area contributed by atoms with Gasteiger partial charge in [-0.2, -0.15) is 4.99 Å². The second-order valence-electron chi connectivity index (χ2n) is 5.46. The summed E-state index contributed by atoms with van der Waals surface area (Å²) in [7, 11) is 0. The minimum atomic E-state index is -0.594. The largest absolute Gasteiger partial charge is 0.382 e. The van der Waals surface area contributed by atoms with Gasteiger partial charge in [0.05, 0.1) is 6.61 Å². The maximum absolute atomic E-state index is 12.9. The van der Waals surface area contributed by atoms with Crippen LogP contribution >= 0.6 is 0 Å². The zero-order valence-corrected chi connectivity index (χ0v) is 14.2. The zero-order chi connectivity index (χ0) is 19.1. The predicted molar refractivity (Wildman–Crippen MR) is 101 cm³/mol. The molecule has 1 aliphatic heterocycles. The van der Waals surface area contributed by atoms with Crippen molar-refractivity contribution in [2.75, 3.05) is 0 Å². The third-order valence-corrected chi connectivity index (χ3v) is 3.52. The quantitative estimate of drug-likeness (QED) is 0.339. The highest BCUT2D eigenvalue weighted by atomic mass is 19.1. The van der Waals surface area contributed by atoms with Crippen LogP contribution in [0.15, 0.2) is 81.0 Å². The molecule has 3 rings (SSSR count). The van der Waals surface area contributed by atoms with Gasteiger partial charge in [0, 0.05) is 6.21 Å². The molecule has 136 valence electrons. The summed E-state index contributed by atoms with van der Waals surface area (Å²) >= 11 is 0. The number of hydrogen-bond donors (Lipinski definition) is 2. The van der Waals surface area contributed by atoms with Gasteiger partial charge in [0.1, 0.15) is 17.9 Å². The van der Waals surface area contributed by atoms with Crippen molar-refractivity contribution in [2.45, 2.75) is 6.61 Å². The fourth-order valence-electron chi connectivity index (χ4n) is 2.20. The molecule has 27 heavy (non-hydrogen) atoms. The summed E-state index contributed by atoms with van der Waals surface area (Å²) in [6, 6.07) is 15.2. The number of nitrogens with zero attached hydrogens (tertiary/aromatic N) is 3. The van der Waals surface area contributed by atoms with E-state index in [2.05, 4.69) is 20.5 Å². The Bertz CT molecular complexity index is 934. The van der Waals surface area contributed by atoms with Gasteiger partial charge in [0.2, 0.25) is 0 Å². The molecule has 3 N–H and O–H groups in total. The van der Waals surface area contributed by atoms with E-state index in [-0.39, 0.29) is 23.0 Å². The van der Waals surface area contributed by atoms with Crippen molar-refractivity contribution in [1.29, 1.82) is 0 Å². The Morgan fingerprint density at radius 1 is 1.07 bits per heavy atom. The topological polar surface area (TPSA) is 101 Å². The minimum absolute atomic E-state index is 0.00191. The maximum atomic E-state index is 12.9. The van der Waals surface area contributed by atoms with E-state index in [1.54, 1.807) is 0 Å². The molecule has 0 saturated carbocycles. The third kappa shape index (κ3) is 4.93. The SMILES string of the molecule is NC1=NC(=O)C(N=Cc2ccc(F)cc2)=C1N=CNOCc1ccccc1. The molecule has 0 aliphatic carbocycles. The number of amidine groups is 1. The maximum Gasteiger partial charge on any atom is 0.299 e. The molecule has 0 unspecified atom stereocenters. The van der Waals surface area contributed by atoms with Crippen molar-refractivity contribution < 1.29 is 14.0 Å². The lowest BCUT2D eigenvalue weighted by Crippen LogP contribution is -2.15. The van der Waals surface area contributed by atoms with Crippen molar-refractivity contribution in [1.82, 2.24) is 5.48 Å². The Kier molecular flexibility index (Phi) is 5.80. The van der Waals surface area contributed by atoms with Gasteiger partial charge < -0.3 is 5.73 Å². The van der Waals surface area contributed by atoms with Crippen LogP contribution in [0.4, 0.5) is 4.39 Å². The van der Waals surface area contributed by atoms with Crippen molar-refractivity contribution in [3.05, 3.63) is 82.9 Å². The van der Waals surface area contributed by atoms with Crippen LogP contribution < -0.4 is 11.2 Å². The van der Waals surface area contributed by atoms with Crippen molar-refractivity contribution in [2.24, 2.45) is 20.7 Å². The highest BCUT2D eigenvalue weighted by Crippen LogP contribution is 2.17. The number of carbonyl (C=O) groups is 1. The number of benzene rings is 2. The molecule has 8 heteroatoms. The van der Waals surface area contributed by atoms with Gasteiger partial charge in [-0.3, -0.25) is 15.1 Å². The van der Waals surface area contributed by atoms with E-state index in [4.69, 9.17) is 10.6 Å². The van der Waals surface area contributed by atoms with Gasteiger partial charge in [-0.1, -0.05) is 42.5 Å². The van der Waals surface area contributed by atoms with Crippen LogP contribution in [0.2, 0.25) is 0 Å². The van der Waals surface area contributed by atoms with E-state index in [0.717, 1.165) is 5.56 Å². The summed E-state index contributed by atoms with van der Waals surface area (Å²) in [6.45, 7) is 0.337. The van der Waals surface area contributed by atoms with E-state index in [1.165, 1.54) is 36.8 Å². The molecular weight excluding hydrogens is 349 g/mol. The Morgan fingerprint density at radius 3 is 2.56 bits per heavy atom. The molecule has 0 saturated heterocycles.